The third kappa shape index (κ3) is 8.17. The van der Waals surface area contributed by atoms with E-state index in [-0.39, 0.29) is 42.1 Å². The predicted molar refractivity (Wildman–Crippen MR) is 114 cm³/mol. The maximum atomic E-state index is 13.5. The highest BCUT2D eigenvalue weighted by molar-refractivity contribution is 14.0. The molecule has 0 bridgehead atoms. The molecule has 9 heteroatoms. The number of hydrogen-bond acceptors (Lipinski definition) is 3. The smallest absolute Gasteiger partial charge is 0.213 e. The Morgan fingerprint density at radius 3 is 2.54 bits per heavy atom. The lowest BCUT2D eigenvalue weighted by atomic mass is 9.86. The molecule has 0 aromatic heterocycles. The van der Waals surface area contributed by atoms with Gasteiger partial charge in [-0.25, -0.2) is 17.5 Å². The fourth-order valence-electron chi connectivity index (χ4n) is 2.56. The molecule has 0 amide bonds. The van der Waals surface area contributed by atoms with Crippen LogP contribution in [0.25, 0.3) is 0 Å². The molecule has 1 aromatic carbocycles. The number of hydrogen-bond donors (Lipinski definition) is 3. The summed E-state index contributed by atoms with van der Waals surface area (Å²) in [7, 11) is -1.66. The van der Waals surface area contributed by atoms with Gasteiger partial charge in [0.1, 0.15) is 5.82 Å². The third-order valence-electron chi connectivity index (χ3n) is 4.35. The van der Waals surface area contributed by atoms with Gasteiger partial charge >= 0.3 is 0 Å². The molecule has 0 radical (unpaired) electrons. The molecule has 26 heavy (non-hydrogen) atoms. The number of guanidine groups is 1. The van der Waals surface area contributed by atoms with Gasteiger partial charge in [-0.05, 0) is 36.8 Å². The van der Waals surface area contributed by atoms with E-state index in [2.05, 4.69) is 20.3 Å². The van der Waals surface area contributed by atoms with Crippen LogP contribution in [0.5, 0.6) is 0 Å². The van der Waals surface area contributed by atoms with Gasteiger partial charge in [0.2, 0.25) is 10.0 Å². The molecular formula is C17H28FIN4O2S. The van der Waals surface area contributed by atoms with Crippen molar-refractivity contribution >= 4 is 40.0 Å². The fourth-order valence-corrected chi connectivity index (χ4v) is 3.56. The zero-order valence-corrected chi connectivity index (χ0v) is 18.1. The van der Waals surface area contributed by atoms with Crippen LogP contribution in [-0.2, 0) is 16.4 Å². The summed E-state index contributed by atoms with van der Waals surface area (Å²) >= 11 is 0. The Hall–Kier alpha value is -0.940. The van der Waals surface area contributed by atoms with Gasteiger partial charge in [-0.2, -0.15) is 0 Å². The van der Waals surface area contributed by atoms with Gasteiger partial charge in [-0.3, -0.25) is 4.99 Å². The molecule has 0 spiro atoms. The maximum Gasteiger partial charge on any atom is 0.213 e. The van der Waals surface area contributed by atoms with Gasteiger partial charge in [0.25, 0.3) is 0 Å². The molecule has 2 rings (SSSR count). The summed E-state index contributed by atoms with van der Waals surface area (Å²) in [5, 5.41) is 6.02. The predicted octanol–water partition coefficient (Wildman–Crippen LogP) is 1.87. The lowest BCUT2D eigenvalue weighted by molar-refractivity contribution is 0.316. The normalized spacial score (nSPS) is 15.1. The minimum Gasteiger partial charge on any atom is -0.356 e. The molecule has 0 heterocycles. The minimum atomic E-state index is -3.27. The molecule has 1 aromatic rings. The molecule has 1 aliphatic carbocycles. The number of sulfonamides is 1. The van der Waals surface area contributed by atoms with Gasteiger partial charge in [0.05, 0.1) is 5.75 Å². The highest BCUT2D eigenvalue weighted by Gasteiger charge is 2.20. The Kier molecular flexibility index (Phi) is 10.4. The Morgan fingerprint density at radius 2 is 1.92 bits per heavy atom. The Balaban J connectivity index is 0.00000338. The first kappa shape index (κ1) is 23.1. The van der Waals surface area contributed by atoms with Crippen LogP contribution < -0.4 is 15.4 Å². The van der Waals surface area contributed by atoms with E-state index in [1.807, 2.05) is 0 Å². The van der Waals surface area contributed by atoms with E-state index in [1.165, 1.54) is 12.5 Å². The van der Waals surface area contributed by atoms with Crippen molar-refractivity contribution in [1.82, 2.24) is 15.4 Å². The van der Waals surface area contributed by atoms with Crippen molar-refractivity contribution in [1.29, 1.82) is 0 Å². The Labute approximate surface area is 172 Å². The summed E-state index contributed by atoms with van der Waals surface area (Å²) in [6, 6.07) is 6.64. The monoisotopic (exact) mass is 498 g/mol. The molecule has 0 unspecified atom stereocenters. The van der Waals surface area contributed by atoms with Crippen LogP contribution in [0.3, 0.4) is 0 Å². The van der Waals surface area contributed by atoms with Crippen molar-refractivity contribution < 1.29 is 12.8 Å². The molecule has 6 nitrogen and oxygen atoms in total. The van der Waals surface area contributed by atoms with Crippen LogP contribution >= 0.6 is 24.0 Å². The molecule has 1 fully saturated rings. The maximum absolute atomic E-state index is 13.5. The van der Waals surface area contributed by atoms with E-state index in [9.17, 15) is 12.8 Å². The second kappa shape index (κ2) is 11.7. The van der Waals surface area contributed by atoms with Crippen molar-refractivity contribution in [2.45, 2.75) is 25.7 Å². The van der Waals surface area contributed by atoms with Crippen LogP contribution in [-0.4, -0.2) is 46.8 Å². The molecule has 0 aliphatic heterocycles. The standard InChI is InChI=1S/C17H27FN4O2S.HI/c1-19-17(20-10-9-15-7-2-3-8-16(15)18)21-11-12-25(23,24)22-13-14-5-4-6-14;/h2-3,7-8,14,22H,4-6,9-13H2,1H3,(H2,19,20,21);1H. The summed E-state index contributed by atoms with van der Waals surface area (Å²) in [6.45, 7) is 1.31. The molecule has 0 atom stereocenters. The van der Waals surface area contributed by atoms with Gasteiger partial charge < -0.3 is 10.6 Å². The van der Waals surface area contributed by atoms with Crippen molar-refractivity contribution in [3.05, 3.63) is 35.6 Å². The first-order valence-electron chi connectivity index (χ1n) is 8.65. The van der Waals surface area contributed by atoms with E-state index in [1.54, 1.807) is 25.2 Å². The fraction of sp³-hybridized carbons (Fsp3) is 0.588. The first-order valence-corrected chi connectivity index (χ1v) is 10.3. The van der Waals surface area contributed by atoms with Crippen molar-refractivity contribution in [2.75, 3.05) is 32.4 Å². The van der Waals surface area contributed by atoms with Crippen molar-refractivity contribution in [3.8, 4) is 0 Å². The Bertz CT molecular complexity index is 681. The topological polar surface area (TPSA) is 82.6 Å². The second-order valence-corrected chi connectivity index (χ2v) is 8.16. The summed E-state index contributed by atoms with van der Waals surface area (Å²) < 4.78 is 40.1. The molecular weight excluding hydrogens is 470 g/mol. The van der Waals surface area contributed by atoms with Gasteiger partial charge in [-0.1, -0.05) is 24.6 Å². The molecule has 1 aliphatic rings. The molecule has 0 saturated heterocycles. The third-order valence-corrected chi connectivity index (χ3v) is 5.70. The van der Waals surface area contributed by atoms with E-state index >= 15 is 0 Å². The molecule has 3 N–H and O–H groups in total. The SMILES string of the molecule is CN=C(NCCc1ccccc1F)NCCS(=O)(=O)NCC1CCC1.I. The first-order chi connectivity index (χ1) is 12.0. The second-order valence-electron chi connectivity index (χ2n) is 6.23. The lowest BCUT2D eigenvalue weighted by Crippen LogP contribution is -2.42. The largest absolute Gasteiger partial charge is 0.356 e. The lowest BCUT2D eigenvalue weighted by Gasteiger charge is -2.25. The molecule has 1 saturated carbocycles. The quantitative estimate of drug-likeness (QED) is 0.276. The highest BCUT2D eigenvalue weighted by Crippen LogP contribution is 2.25. The summed E-state index contributed by atoms with van der Waals surface area (Å²) in [5.74, 6) is 0.769. The average molecular weight is 498 g/mol. The van der Waals surface area contributed by atoms with Crippen LogP contribution in [0.1, 0.15) is 24.8 Å². The van der Waals surface area contributed by atoms with E-state index < -0.39 is 10.0 Å². The number of nitrogens with zero attached hydrogens (tertiary/aromatic N) is 1. The van der Waals surface area contributed by atoms with E-state index in [0.29, 0.717) is 37.0 Å². The highest BCUT2D eigenvalue weighted by atomic mass is 127. The minimum absolute atomic E-state index is 0. The summed E-state index contributed by atoms with van der Waals surface area (Å²) in [6.07, 6.45) is 3.94. The number of benzene rings is 1. The number of halogens is 2. The Morgan fingerprint density at radius 1 is 1.23 bits per heavy atom. The number of nitrogens with one attached hydrogen (secondary N) is 3. The van der Waals surface area contributed by atoms with Crippen LogP contribution in [0.15, 0.2) is 29.3 Å². The van der Waals surface area contributed by atoms with Crippen LogP contribution in [0.4, 0.5) is 4.39 Å². The van der Waals surface area contributed by atoms with E-state index in [4.69, 9.17) is 0 Å². The number of rotatable bonds is 9. The molecule has 148 valence electrons. The zero-order valence-electron chi connectivity index (χ0n) is 15.0. The summed E-state index contributed by atoms with van der Waals surface area (Å²) in [5.41, 5.74) is 0.633. The zero-order chi connectivity index (χ0) is 18.1. The van der Waals surface area contributed by atoms with Gasteiger partial charge in [-0.15, -0.1) is 24.0 Å². The van der Waals surface area contributed by atoms with Crippen molar-refractivity contribution in [3.63, 3.8) is 0 Å². The van der Waals surface area contributed by atoms with Gasteiger partial charge in [0, 0.05) is 26.7 Å². The average Bonchev–Trinajstić information content (AvgIpc) is 2.53. The number of aliphatic imine (C=N–C) groups is 1. The van der Waals surface area contributed by atoms with Crippen molar-refractivity contribution in [2.24, 2.45) is 10.9 Å². The van der Waals surface area contributed by atoms with Crippen LogP contribution in [0, 0.1) is 11.7 Å². The van der Waals surface area contributed by atoms with E-state index in [0.717, 1.165) is 12.8 Å². The van der Waals surface area contributed by atoms with Gasteiger partial charge in [0.15, 0.2) is 5.96 Å². The summed E-state index contributed by atoms with van der Waals surface area (Å²) in [4.78, 5) is 4.04. The van der Waals surface area contributed by atoms with Crippen LogP contribution in [0.2, 0.25) is 0 Å².